The number of carbonyl (C=O) groups excluding carboxylic acids is 2. The number of carbonyl (C=O) groups is 2. The van der Waals surface area contributed by atoms with Crippen LogP contribution in [0.5, 0.6) is 0 Å². The molecule has 28 heavy (non-hydrogen) atoms. The van der Waals surface area contributed by atoms with Gasteiger partial charge in [0.2, 0.25) is 5.91 Å². The molecule has 1 N–H and O–H groups in total. The summed E-state index contributed by atoms with van der Waals surface area (Å²) in [6.07, 6.45) is 0. The first kappa shape index (κ1) is 18.0. The molecule has 0 aliphatic carbocycles. The molecule has 142 valence electrons. The summed E-state index contributed by atoms with van der Waals surface area (Å²) in [6.45, 7) is 4.12. The van der Waals surface area contributed by atoms with Gasteiger partial charge in [0.15, 0.2) is 0 Å². The Bertz CT molecular complexity index is 1070. The lowest BCUT2D eigenvalue weighted by atomic mass is 10.1. The minimum Gasteiger partial charge on any atom is -0.352 e. The van der Waals surface area contributed by atoms with Crippen LogP contribution in [-0.4, -0.2) is 39.7 Å². The van der Waals surface area contributed by atoms with E-state index in [4.69, 9.17) is 0 Å². The second-order valence-corrected chi connectivity index (χ2v) is 7.17. The van der Waals surface area contributed by atoms with Gasteiger partial charge in [-0.1, -0.05) is 48.5 Å². The SMILES string of the molecule is CC(C)NC(=O)CN1N=C(c2ccccc2)Cn2c(cc3ccccc32)C1=O. The summed E-state index contributed by atoms with van der Waals surface area (Å²) in [5.74, 6) is -0.509. The Morgan fingerprint density at radius 2 is 1.82 bits per heavy atom. The first-order valence-electron chi connectivity index (χ1n) is 9.35. The molecule has 0 unspecified atom stereocenters. The molecule has 0 saturated heterocycles. The number of aromatic nitrogens is 1. The van der Waals surface area contributed by atoms with Crippen LogP contribution in [-0.2, 0) is 11.3 Å². The van der Waals surface area contributed by atoms with E-state index in [1.165, 1.54) is 5.01 Å². The molecule has 0 spiro atoms. The average Bonchev–Trinajstić information content (AvgIpc) is 2.98. The summed E-state index contributed by atoms with van der Waals surface area (Å²) < 4.78 is 1.98. The molecule has 3 aromatic rings. The van der Waals surface area contributed by atoms with E-state index in [9.17, 15) is 9.59 Å². The van der Waals surface area contributed by atoms with Gasteiger partial charge in [-0.2, -0.15) is 5.10 Å². The van der Waals surface area contributed by atoms with Gasteiger partial charge in [0.25, 0.3) is 5.91 Å². The van der Waals surface area contributed by atoms with Gasteiger partial charge in [-0.3, -0.25) is 9.59 Å². The van der Waals surface area contributed by atoms with E-state index < -0.39 is 0 Å². The number of fused-ring (bicyclic) bond motifs is 3. The van der Waals surface area contributed by atoms with Gasteiger partial charge in [0.05, 0.1) is 12.3 Å². The van der Waals surface area contributed by atoms with Crippen molar-refractivity contribution in [3.05, 3.63) is 71.9 Å². The number of nitrogens with zero attached hydrogens (tertiary/aromatic N) is 3. The lowest BCUT2D eigenvalue weighted by Gasteiger charge is -2.17. The van der Waals surface area contributed by atoms with Crippen LogP contribution in [0, 0.1) is 0 Å². The first-order chi connectivity index (χ1) is 13.5. The third-order valence-corrected chi connectivity index (χ3v) is 4.66. The van der Waals surface area contributed by atoms with Gasteiger partial charge in [-0.05, 0) is 31.5 Å². The number of hydrogen-bond donors (Lipinski definition) is 1. The fourth-order valence-electron chi connectivity index (χ4n) is 3.45. The molecule has 0 radical (unpaired) electrons. The average molecular weight is 374 g/mol. The quantitative estimate of drug-likeness (QED) is 0.763. The zero-order chi connectivity index (χ0) is 19.7. The van der Waals surface area contributed by atoms with E-state index in [1.807, 2.05) is 79.1 Å². The van der Waals surface area contributed by atoms with Gasteiger partial charge in [-0.25, -0.2) is 5.01 Å². The molecule has 2 heterocycles. The standard InChI is InChI=1S/C22H22N4O2/c1-15(2)23-21(27)14-26-22(28)20-12-17-10-6-7-11-19(17)25(20)13-18(24-26)16-8-4-3-5-9-16/h3-12,15H,13-14H2,1-2H3,(H,23,27). The maximum absolute atomic E-state index is 13.2. The molecule has 4 rings (SSSR count). The lowest BCUT2D eigenvalue weighted by Crippen LogP contribution is -2.40. The van der Waals surface area contributed by atoms with Crippen LogP contribution in [0.2, 0.25) is 0 Å². The van der Waals surface area contributed by atoms with Crippen LogP contribution in [0.15, 0.2) is 65.8 Å². The maximum Gasteiger partial charge on any atom is 0.291 e. The number of nitrogens with one attached hydrogen (secondary N) is 1. The summed E-state index contributed by atoms with van der Waals surface area (Å²) >= 11 is 0. The highest BCUT2D eigenvalue weighted by atomic mass is 16.2. The molecule has 6 nitrogen and oxygen atoms in total. The van der Waals surface area contributed by atoms with Crippen molar-refractivity contribution in [1.82, 2.24) is 14.9 Å². The van der Waals surface area contributed by atoms with E-state index in [1.54, 1.807) is 0 Å². The molecule has 0 bridgehead atoms. The number of hydrazone groups is 1. The first-order valence-corrected chi connectivity index (χ1v) is 9.35. The maximum atomic E-state index is 13.2. The smallest absolute Gasteiger partial charge is 0.291 e. The topological polar surface area (TPSA) is 66.7 Å². The van der Waals surface area contributed by atoms with Gasteiger partial charge in [0.1, 0.15) is 12.2 Å². The molecule has 2 amide bonds. The Morgan fingerprint density at radius 3 is 2.57 bits per heavy atom. The monoisotopic (exact) mass is 374 g/mol. The van der Waals surface area contributed by atoms with Crippen LogP contribution in [0.3, 0.4) is 0 Å². The van der Waals surface area contributed by atoms with Crippen molar-refractivity contribution in [1.29, 1.82) is 0 Å². The number of rotatable bonds is 4. The van der Waals surface area contributed by atoms with E-state index >= 15 is 0 Å². The number of amides is 2. The molecule has 1 aliphatic heterocycles. The molecule has 0 saturated carbocycles. The number of para-hydroxylation sites is 1. The minimum atomic E-state index is -0.277. The third kappa shape index (κ3) is 3.41. The van der Waals surface area contributed by atoms with Crippen LogP contribution in [0.25, 0.3) is 10.9 Å². The summed E-state index contributed by atoms with van der Waals surface area (Å²) in [7, 11) is 0. The Morgan fingerprint density at radius 1 is 1.11 bits per heavy atom. The van der Waals surface area contributed by atoms with Crippen molar-refractivity contribution in [3.63, 3.8) is 0 Å². The number of benzene rings is 2. The zero-order valence-corrected chi connectivity index (χ0v) is 15.9. The summed E-state index contributed by atoms with van der Waals surface area (Å²) in [5, 5.41) is 9.68. The molecular weight excluding hydrogens is 352 g/mol. The fourth-order valence-corrected chi connectivity index (χ4v) is 3.45. The zero-order valence-electron chi connectivity index (χ0n) is 15.9. The van der Waals surface area contributed by atoms with E-state index in [0.29, 0.717) is 12.2 Å². The van der Waals surface area contributed by atoms with Gasteiger partial charge >= 0.3 is 0 Å². The lowest BCUT2D eigenvalue weighted by molar-refractivity contribution is -0.122. The molecule has 2 aromatic carbocycles. The number of hydrogen-bond acceptors (Lipinski definition) is 3. The Kier molecular flexibility index (Phi) is 4.69. The highest BCUT2D eigenvalue weighted by Crippen LogP contribution is 2.24. The van der Waals surface area contributed by atoms with Crippen LogP contribution < -0.4 is 5.32 Å². The molecule has 0 atom stereocenters. The van der Waals surface area contributed by atoms with Crippen LogP contribution >= 0.6 is 0 Å². The summed E-state index contributed by atoms with van der Waals surface area (Å²) in [5.41, 5.74) is 3.18. The third-order valence-electron chi connectivity index (χ3n) is 4.66. The van der Waals surface area contributed by atoms with Crippen molar-refractivity contribution in [2.24, 2.45) is 5.10 Å². The normalized spacial score (nSPS) is 14.0. The van der Waals surface area contributed by atoms with Crippen molar-refractivity contribution in [3.8, 4) is 0 Å². The van der Waals surface area contributed by atoms with E-state index in [-0.39, 0.29) is 24.4 Å². The highest BCUT2D eigenvalue weighted by Gasteiger charge is 2.28. The van der Waals surface area contributed by atoms with Crippen LogP contribution in [0.1, 0.15) is 29.9 Å². The predicted molar refractivity (Wildman–Crippen MR) is 109 cm³/mol. The van der Waals surface area contributed by atoms with Crippen LogP contribution in [0.4, 0.5) is 0 Å². The molecular formula is C22H22N4O2. The largest absolute Gasteiger partial charge is 0.352 e. The Labute approximate surface area is 163 Å². The summed E-state index contributed by atoms with van der Waals surface area (Å²) in [4.78, 5) is 25.5. The molecule has 1 aliphatic rings. The van der Waals surface area contributed by atoms with Gasteiger partial charge < -0.3 is 9.88 Å². The van der Waals surface area contributed by atoms with E-state index in [2.05, 4.69) is 10.4 Å². The predicted octanol–water partition coefficient (Wildman–Crippen LogP) is 3.03. The second-order valence-electron chi connectivity index (χ2n) is 7.17. The minimum absolute atomic E-state index is 0.00129. The van der Waals surface area contributed by atoms with E-state index in [0.717, 1.165) is 22.2 Å². The Balaban J connectivity index is 1.81. The van der Waals surface area contributed by atoms with Gasteiger partial charge in [0, 0.05) is 16.9 Å². The van der Waals surface area contributed by atoms with Crippen molar-refractivity contribution in [2.75, 3.05) is 6.54 Å². The highest BCUT2D eigenvalue weighted by molar-refractivity contribution is 6.07. The summed E-state index contributed by atoms with van der Waals surface area (Å²) in [6, 6.07) is 19.5. The van der Waals surface area contributed by atoms with Crippen molar-refractivity contribution < 1.29 is 9.59 Å². The molecule has 6 heteroatoms. The van der Waals surface area contributed by atoms with Gasteiger partial charge in [-0.15, -0.1) is 0 Å². The van der Waals surface area contributed by atoms with Crippen molar-refractivity contribution >= 4 is 28.4 Å². The molecule has 0 fully saturated rings. The Hall–Kier alpha value is -3.41. The fraction of sp³-hybridized carbons (Fsp3) is 0.227. The van der Waals surface area contributed by atoms with Crippen molar-refractivity contribution in [2.45, 2.75) is 26.4 Å². The second kappa shape index (κ2) is 7.31. The molecule has 1 aromatic heterocycles.